The molecule has 0 saturated carbocycles. The molecule has 0 aliphatic carbocycles. The molecular formula is C23H22BrN3O3S. The molecule has 1 aromatic heterocycles. The van der Waals surface area contributed by atoms with Crippen molar-refractivity contribution in [2.45, 2.75) is 38.8 Å². The van der Waals surface area contributed by atoms with Gasteiger partial charge >= 0.3 is 0 Å². The molecule has 8 heteroatoms. The molecule has 2 aromatic rings. The number of imide groups is 1. The van der Waals surface area contributed by atoms with Crippen LogP contribution in [0.15, 0.2) is 33.8 Å². The standard InChI is InChI=1S/C23H22BrN3O3S/c1-3-9-27-22(29)20(31-23(27)30)11-16-13-25(19-8-7-17(24)12-18(16)19)14-21(28)26-10-5-4-6-15(26)2/h1,7-8,11-13,15H,4-6,9-10,14H2,2H3/b20-11-/t15-/m1/s1. The molecule has 0 bridgehead atoms. The van der Waals surface area contributed by atoms with E-state index in [4.69, 9.17) is 6.42 Å². The minimum Gasteiger partial charge on any atom is -0.338 e. The minimum atomic E-state index is -0.387. The number of benzene rings is 1. The summed E-state index contributed by atoms with van der Waals surface area (Å²) in [6.45, 7) is 3.08. The molecule has 1 aromatic carbocycles. The quantitative estimate of drug-likeness (QED) is 0.459. The van der Waals surface area contributed by atoms with Crippen LogP contribution in [0.3, 0.4) is 0 Å². The molecule has 0 spiro atoms. The number of amides is 3. The summed E-state index contributed by atoms with van der Waals surface area (Å²) in [5, 5.41) is 0.533. The van der Waals surface area contributed by atoms with Gasteiger partial charge in [-0.1, -0.05) is 21.9 Å². The monoisotopic (exact) mass is 499 g/mol. The van der Waals surface area contributed by atoms with Crippen molar-refractivity contribution in [3.05, 3.63) is 39.3 Å². The highest BCUT2D eigenvalue weighted by Gasteiger charge is 2.34. The van der Waals surface area contributed by atoms with E-state index in [1.54, 1.807) is 6.08 Å². The molecule has 3 amide bonds. The van der Waals surface area contributed by atoms with Crippen LogP contribution in [0.4, 0.5) is 4.79 Å². The highest BCUT2D eigenvalue weighted by molar-refractivity contribution is 9.10. The molecular weight excluding hydrogens is 478 g/mol. The molecule has 1 atom stereocenters. The molecule has 31 heavy (non-hydrogen) atoms. The van der Waals surface area contributed by atoms with Gasteiger partial charge in [0.15, 0.2) is 0 Å². The Bertz CT molecular complexity index is 1150. The largest absolute Gasteiger partial charge is 0.338 e. The molecule has 0 unspecified atom stereocenters. The van der Waals surface area contributed by atoms with Crippen molar-refractivity contribution >= 4 is 61.7 Å². The number of hydrogen-bond donors (Lipinski definition) is 0. The molecule has 4 rings (SSSR count). The van der Waals surface area contributed by atoms with Crippen molar-refractivity contribution in [3.8, 4) is 12.3 Å². The van der Waals surface area contributed by atoms with Crippen molar-refractivity contribution in [1.29, 1.82) is 0 Å². The lowest BCUT2D eigenvalue weighted by molar-refractivity contribution is -0.135. The number of carbonyl (C=O) groups excluding carboxylic acids is 3. The maximum Gasteiger partial charge on any atom is 0.294 e. The minimum absolute atomic E-state index is 0.0438. The van der Waals surface area contributed by atoms with E-state index in [0.29, 0.717) is 4.91 Å². The lowest BCUT2D eigenvalue weighted by Crippen LogP contribution is -2.43. The summed E-state index contributed by atoms with van der Waals surface area (Å²) in [7, 11) is 0. The Kier molecular flexibility index (Phi) is 6.26. The van der Waals surface area contributed by atoms with Crippen LogP contribution >= 0.6 is 27.7 Å². The smallest absolute Gasteiger partial charge is 0.294 e. The van der Waals surface area contributed by atoms with Gasteiger partial charge in [0.25, 0.3) is 11.1 Å². The van der Waals surface area contributed by atoms with Gasteiger partial charge < -0.3 is 9.47 Å². The molecule has 2 aliphatic rings. The fourth-order valence-electron chi connectivity index (χ4n) is 4.12. The third-order valence-corrected chi connectivity index (χ3v) is 7.11. The number of halogens is 1. The zero-order chi connectivity index (χ0) is 22.1. The summed E-state index contributed by atoms with van der Waals surface area (Å²) >= 11 is 4.38. The van der Waals surface area contributed by atoms with Crippen molar-refractivity contribution < 1.29 is 14.4 Å². The van der Waals surface area contributed by atoms with E-state index in [1.165, 1.54) is 0 Å². The predicted octanol–water partition coefficient (Wildman–Crippen LogP) is 4.47. The Morgan fingerprint density at radius 2 is 2.16 bits per heavy atom. The van der Waals surface area contributed by atoms with E-state index >= 15 is 0 Å². The average Bonchev–Trinajstić information content (AvgIpc) is 3.20. The van der Waals surface area contributed by atoms with E-state index in [2.05, 4.69) is 28.8 Å². The van der Waals surface area contributed by atoms with Gasteiger partial charge in [-0.25, -0.2) is 0 Å². The number of rotatable bonds is 4. The number of fused-ring (bicyclic) bond motifs is 1. The van der Waals surface area contributed by atoms with Gasteiger partial charge in [-0.15, -0.1) is 6.42 Å². The van der Waals surface area contributed by atoms with E-state index in [-0.39, 0.29) is 36.2 Å². The summed E-state index contributed by atoms with van der Waals surface area (Å²) < 4.78 is 2.81. The van der Waals surface area contributed by atoms with Gasteiger partial charge in [0.05, 0.1) is 11.4 Å². The van der Waals surface area contributed by atoms with Crippen LogP contribution in [0.2, 0.25) is 0 Å². The van der Waals surface area contributed by atoms with Crippen molar-refractivity contribution in [2.24, 2.45) is 0 Å². The van der Waals surface area contributed by atoms with Gasteiger partial charge in [-0.2, -0.15) is 0 Å². The van der Waals surface area contributed by atoms with Crippen LogP contribution in [0.5, 0.6) is 0 Å². The lowest BCUT2D eigenvalue weighted by Gasteiger charge is -2.33. The summed E-state index contributed by atoms with van der Waals surface area (Å²) in [5.74, 6) is 2.05. The van der Waals surface area contributed by atoms with Crippen molar-refractivity contribution in [3.63, 3.8) is 0 Å². The van der Waals surface area contributed by atoms with Gasteiger partial charge in [0.1, 0.15) is 6.54 Å². The predicted molar refractivity (Wildman–Crippen MR) is 126 cm³/mol. The summed E-state index contributed by atoms with van der Waals surface area (Å²) in [5.41, 5.74) is 1.68. The van der Waals surface area contributed by atoms with Gasteiger partial charge in [-0.3, -0.25) is 19.3 Å². The van der Waals surface area contributed by atoms with Crippen LogP contribution in [0, 0.1) is 12.3 Å². The van der Waals surface area contributed by atoms with Crippen LogP contribution in [0.25, 0.3) is 17.0 Å². The number of terminal acetylenes is 1. The summed E-state index contributed by atoms with van der Waals surface area (Å²) in [4.78, 5) is 41.1. The number of thioether (sulfide) groups is 1. The maximum atomic E-state index is 13.0. The van der Waals surface area contributed by atoms with Crippen molar-refractivity contribution in [2.75, 3.05) is 13.1 Å². The Morgan fingerprint density at radius 1 is 1.35 bits per heavy atom. The second-order valence-corrected chi connectivity index (χ2v) is 9.69. The molecule has 6 nitrogen and oxygen atoms in total. The van der Waals surface area contributed by atoms with E-state index in [0.717, 1.165) is 63.4 Å². The Labute approximate surface area is 193 Å². The van der Waals surface area contributed by atoms with E-state index in [1.807, 2.05) is 33.9 Å². The zero-order valence-corrected chi connectivity index (χ0v) is 19.5. The molecule has 2 fully saturated rings. The first-order chi connectivity index (χ1) is 14.9. The highest BCUT2D eigenvalue weighted by Crippen LogP contribution is 2.34. The second kappa shape index (κ2) is 8.93. The lowest BCUT2D eigenvalue weighted by atomic mass is 10.0. The van der Waals surface area contributed by atoms with Gasteiger partial charge in [-0.05, 0) is 62.2 Å². The third kappa shape index (κ3) is 4.30. The third-order valence-electron chi connectivity index (χ3n) is 5.71. The molecule has 2 saturated heterocycles. The fourth-order valence-corrected chi connectivity index (χ4v) is 5.31. The normalized spacial score (nSPS) is 20.7. The molecule has 160 valence electrons. The highest BCUT2D eigenvalue weighted by atomic mass is 79.9. The number of carbonyl (C=O) groups is 3. The maximum absolute atomic E-state index is 13.0. The van der Waals surface area contributed by atoms with Crippen LogP contribution in [-0.2, 0) is 16.1 Å². The van der Waals surface area contributed by atoms with Crippen LogP contribution in [-0.4, -0.2) is 50.6 Å². The van der Waals surface area contributed by atoms with Gasteiger partial charge in [0.2, 0.25) is 5.91 Å². The number of likely N-dealkylation sites (tertiary alicyclic amines) is 1. The Hall–Kier alpha value is -2.50. The summed E-state index contributed by atoms with van der Waals surface area (Å²) in [6.07, 6.45) is 12.1. The summed E-state index contributed by atoms with van der Waals surface area (Å²) in [6, 6.07) is 6.09. The first-order valence-electron chi connectivity index (χ1n) is 10.2. The van der Waals surface area contributed by atoms with E-state index in [9.17, 15) is 14.4 Å². The van der Waals surface area contributed by atoms with E-state index < -0.39 is 0 Å². The zero-order valence-electron chi connectivity index (χ0n) is 17.1. The molecule has 0 radical (unpaired) electrons. The number of piperidine rings is 1. The second-order valence-electron chi connectivity index (χ2n) is 7.78. The van der Waals surface area contributed by atoms with Gasteiger partial charge in [0, 0.05) is 39.7 Å². The molecule has 0 N–H and O–H groups in total. The molecule has 3 heterocycles. The van der Waals surface area contributed by atoms with Crippen LogP contribution in [0.1, 0.15) is 31.7 Å². The molecule has 2 aliphatic heterocycles. The average molecular weight is 500 g/mol. The SMILES string of the molecule is C#CCN1C(=O)S/C(=C\c2cn(CC(=O)N3CCCC[C@H]3C)c3ccc(Br)cc23)C1=O. The Balaban J connectivity index is 1.68. The number of aromatic nitrogens is 1. The first kappa shape index (κ1) is 21.7. The van der Waals surface area contributed by atoms with Crippen LogP contribution < -0.4 is 0 Å². The van der Waals surface area contributed by atoms with Crippen molar-refractivity contribution in [1.82, 2.24) is 14.4 Å². The number of hydrogen-bond acceptors (Lipinski definition) is 4. The Morgan fingerprint density at radius 3 is 2.90 bits per heavy atom. The first-order valence-corrected chi connectivity index (χ1v) is 11.8. The fraction of sp³-hybridized carbons (Fsp3) is 0.348. The topological polar surface area (TPSA) is 62.6 Å². The number of nitrogens with zero attached hydrogens (tertiary/aromatic N) is 3.